The number of ether oxygens (including phenoxy) is 1. The highest BCUT2D eigenvalue weighted by Crippen LogP contribution is 2.41. The Morgan fingerprint density at radius 3 is 2.71 bits per heavy atom. The summed E-state index contributed by atoms with van der Waals surface area (Å²) in [6.07, 6.45) is 0. The minimum absolute atomic E-state index is 0.230. The van der Waals surface area contributed by atoms with Crippen molar-refractivity contribution < 1.29 is 9.53 Å². The number of nitrogens with one attached hydrogen (secondary N) is 1. The minimum Gasteiger partial charge on any atom is -0.463 e. The summed E-state index contributed by atoms with van der Waals surface area (Å²) in [4.78, 5) is 13.0. The van der Waals surface area contributed by atoms with Gasteiger partial charge in [-0.25, -0.2) is 4.79 Å². The van der Waals surface area contributed by atoms with E-state index in [-0.39, 0.29) is 6.61 Å². The van der Waals surface area contributed by atoms with Gasteiger partial charge in [-0.15, -0.1) is 0 Å². The molecule has 0 fully saturated rings. The Hall–Kier alpha value is -2.90. The van der Waals surface area contributed by atoms with Gasteiger partial charge in [0.2, 0.25) is 5.95 Å². The molecule has 1 atom stereocenters. The zero-order chi connectivity index (χ0) is 19.7. The normalized spacial score (nSPS) is 15.8. The van der Waals surface area contributed by atoms with Crippen LogP contribution in [0.25, 0.3) is 5.70 Å². The number of rotatable bonds is 4. The number of benzene rings is 2. The van der Waals surface area contributed by atoms with E-state index in [1.54, 1.807) is 25.1 Å². The van der Waals surface area contributed by atoms with Crippen LogP contribution >= 0.6 is 23.2 Å². The van der Waals surface area contributed by atoms with Gasteiger partial charge in [0.05, 0.1) is 17.9 Å². The molecule has 7 nitrogen and oxygen atoms in total. The molecule has 0 aliphatic carbocycles. The highest BCUT2D eigenvalue weighted by molar-refractivity contribution is 6.35. The Morgan fingerprint density at radius 1 is 1.21 bits per heavy atom. The van der Waals surface area contributed by atoms with Crippen molar-refractivity contribution >= 4 is 40.8 Å². The molecule has 4 rings (SSSR count). The Bertz CT molecular complexity index is 1070. The first-order chi connectivity index (χ1) is 13.6. The summed E-state index contributed by atoms with van der Waals surface area (Å²) in [6.45, 7) is 1.98. The van der Waals surface area contributed by atoms with Gasteiger partial charge in [0.25, 0.3) is 0 Å². The molecule has 2 aromatic carbocycles. The van der Waals surface area contributed by atoms with Gasteiger partial charge in [-0.1, -0.05) is 64.7 Å². The van der Waals surface area contributed by atoms with Crippen LogP contribution in [0, 0.1) is 0 Å². The van der Waals surface area contributed by atoms with E-state index in [1.807, 2.05) is 30.3 Å². The fourth-order valence-corrected chi connectivity index (χ4v) is 3.67. The molecule has 142 valence electrons. The maximum absolute atomic E-state index is 13.0. The molecule has 1 aromatic heterocycles. The van der Waals surface area contributed by atoms with E-state index in [4.69, 9.17) is 27.9 Å². The lowest BCUT2D eigenvalue weighted by atomic mass is 9.93. The van der Waals surface area contributed by atoms with Gasteiger partial charge in [0, 0.05) is 15.6 Å². The molecule has 0 bridgehead atoms. The molecule has 1 aliphatic rings. The molecule has 0 saturated heterocycles. The van der Waals surface area contributed by atoms with E-state index in [1.165, 1.54) is 4.68 Å². The van der Waals surface area contributed by atoms with Crippen LogP contribution in [0.3, 0.4) is 0 Å². The molecule has 0 spiro atoms. The van der Waals surface area contributed by atoms with Crippen molar-refractivity contribution in [2.75, 3.05) is 11.9 Å². The number of anilines is 1. The van der Waals surface area contributed by atoms with Gasteiger partial charge < -0.3 is 10.1 Å². The van der Waals surface area contributed by atoms with Crippen molar-refractivity contribution in [3.05, 3.63) is 75.3 Å². The number of tetrazole rings is 1. The van der Waals surface area contributed by atoms with Crippen LogP contribution in [-0.4, -0.2) is 32.8 Å². The fourth-order valence-electron chi connectivity index (χ4n) is 3.15. The molecule has 3 aromatic rings. The monoisotopic (exact) mass is 415 g/mol. The zero-order valence-corrected chi connectivity index (χ0v) is 16.3. The first-order valence-electron chi connectivity index (χ1n) is 8.56. The summed E-state index contributed by atoms with van der Waals surface area (Å²) in [5.74, 6) is -0.0889. The lowest BCUT2D eigenvalue weighted by Crippen LogP contribution is -2.30. The van der Waals surface area contributed by atoms with Crippen LogP contribution in [0.4, 0.5) is 5.95 Å². The van der Waals surface area contributed by atoms with E-state index in [0.717, 1.165) is 5.56 Å². The number of fused-ring (bicyclic) bond motifs is 1. The number of esters is 1. The summed E-state index contributed by atoms with van der Waals surface area (Å²) in [5.41, 5.74) is 2.36. The van der Waals surface area contributed by atoms with Gasteiger partial charge in [-0.3, -0.25) is 0 Å². The average Bonchev–Trinajstić information content (AvgIpc) is 3.16. The van der Waals surface area contributed by atoms with Crippen molar-refractivity contribution in [3.63, 3.8) is 0 Å². The maximum atomic E-state index is 13.0. The second-order valence-corrected chi connectivity index (χ2v) is 6.86. The molecular formula is C19H15Cl2N5O2. The van der Waals surface area contributed by atoms with Gasteiger partial charge in [-0.2, -0.15) is 4.68 Å². The number of carbonyl (C=O) groups is 1. The molecule has 28 heavy (non-hydrogen) atoms. The number of aromatic nitrogens is 4. The molecule has 1 unspecified atom stereocenters. The van der Waals surface area contributed by atoms with Gasteiger partial charge in [0.1, 0.15) is 6.04 Å². The minimum atomic E-state index is -0.676. The molecular weight excluding hydrogens is 401 g/mol. The Labute approximate surface area is 170 Å². The molecule has 0 amide bonds. The van der Waals surface area contributed by atoms with Crippen molar-refractivity contribution in [2.45, 2.75) is 13.0 Å². The van der Waals surface area contributed by atoms with E-state index >= 15 is 0 Å². The third-order valence-electron chi connectivity index (χ3n) is 4.33. The SMILES string of the molecule is CCOC(=O)C1=C(c2ccccc2)Nc2nnnn2C1c1ccc(Cl)cc1Cl. The molecule has 0 saturated carbocycles. The lowest BCUT2D eigenvalue weighted by Gasteiger charge is -2.29. The highest BCUT2D eigenvalue weighted by Gasteiger charge is 2.37. The van der Waals surface area contributed by atoms with E-state index in [2.05, 4.69) is 20.8 Å². The number of hydrogen-bond donors (Lipinski definition) is 1. The van der Waals surface area contributed by atoms with E-state index < -0.39 is 12.0 Å². The third kappa shape index (κ3) is 3.23. The van der Waals surface area contributed by atoms with Crippen LogP contribution in [0.1, 0.15) is 24.1 Å². The molecule has 2 heterocycles. The first kappa shape index (κ1) is 18.5. The van der Waals surface area contributed by atoms with Gasteiger partial charge in [0.15, 0.2) is 0 Å². The second-order valence-electron chi connectivity index (χ2n) is 6.02. The van der Waals surface area contributed by atoms with Crippen molar-refractivity contribution in [1.29, 1.82) is 0 Å². The smallest absolute Gasteiger partial charge is 0.338 e. The van der Waals surface area contributed by atoms with Crippen molar-refractivity contribution in [1.82, 2.24) is 20.2 Å². The Morgan fingerprint density at radius 2 is 2.00 bits per heavy atom. The fraction of sp³-hybridized carbons (Fsp3) is 0.158. The molecule has 1 aliphatic heterocycles. The molecule has 1 N–H and O–H groups in total. The summed E-state index contributed by atoms with van der Waals surface area (Å²) >= 11 is 12.5. The van der Waals surface area contributed by atoms with Crippen molar-refractivity contribution in [3.8, 4) is 0 Å². The van der Waals surface area contributed by atoms with Crippen molar-refractivity contribution in [2.24, 2.45) is 0 Å². The summed E-state index contributed by atoms with van der Waals surface area (Å²) in [7, 11) is 0. The summed E-state index contributed by atoms with van der Waals surface area (Å²) < 4.78 is 6.86. The van der Waals surface area contributed by atoms with Crippen LogP contribution < -0.4 is 5.32 Å². The lowest BCUT2D eigenvalue weighted by molar-refractivity contribution is -0.138. The zero-order valence-electron chi connectivity index (χ0n) is 14.8. The summed E-state index contributed by atoms with van der Waals surface area (Å²) in [5, 5.41) is 15.9. The predicted octanol–water partition coefficient (Wildman–Crippen LogP) is 3.97. The highest BCUT2D eigenvalue weighted by atomic mass is 35.5. The van der Waals surface area contributed by atoms with Gasteiger partial charge >= 0.3 is 5.97 Å². The largest absolute Gasteiger partial charge is 0.463 e. The van der Waals surface area contributed by atoms with Crippen LogP contribution in [0.5, 0.6) is 0 Å². The summed E-state index contributed by atoms with van der Waals surface area (Å²) in [6, 6.07) is 13.9. The second kappa shape index (κ2) is 7.61. The number of carbonyl (C=O) groups excluding carboxylic acids is 1. The first-order valence-corrected chi connectivity index (χ1v) is 9.32. The van der Waals surface area contributed by atoms with Crippen LogP contribution in [-0.2, 0) is 9.53 Å². The predicted molar refractivity (Wildman–Crippen MR) is 106 cm³/mol. The third-order valence-corrected chi connectivity index (χ3v) is 4.89. The van der Waals surface area contributed by atoms with Crippen LogP contribution in [0.2, 0.25) is 10.0 Å². The molecule has 0 radical (unpaired) electrons. The molecule has 9 heteroatoms. The number of nitrogens with zero attached hydrogens (tertiary/aromatic N) is 4. The maximum Gasteiger partial charge on any atom is 0.338 e. The van der Waals surface area contributed by atoms with E-state index in [9.17, 15) is 4.79 Å². The number of hydrogen-bond acceptors (Lipinski definition) is 6. The average molecular weight is 416 g/mol. The topological polar surface area (TPSA) is 81.9 Å². The van der Waals surface area contributed by atoms with E-state index in [0.29, 0.717) is 32.8 Å². The van der Waals surface area contributed by atoms with Gasteiger partial charge in [-0.05, 0) is 35.0 Å². The number of halogens is 2. The Balaban J connectivity index is 1.99. The standard InChI is InChI=1S/C19H15Cl2N5O2/c1-2-28-18(27)15-16(11-6-4-3-5-7-11)22-19-23-24-25-26(19)17(15)13-9-8-12(20)10-14(13)21/h3-10,17H,2H2,1H3,(H,22,23,25). The Kier molecular flexibility index (Phi) is 5.02. The quantitative estimate of drug-likeness (QED) is 0.649. The van der Waals surface area contributed by atoms with Crippen LogP contribution in [0.15, 0.2) is 54.1 Å².